The predicted octanol–water partition coefficient (Wildman–Crippen LogP) is 2.08. The summed E-state index contributed by atoms with van der Waals surface area (Å²) in [6.45, 7) is 0.789. The second kappa shape index (κ2) is 5.99. The molecule has 0 radical (unpaired) electrons. The third-order valence-corrected chi connectivity index (χ3v) is 3.63. The summed E-state index contributed by atoms with van der Waals surface area (Å²) in [6, 6.07) is 13.5. The molecule has 112 valence electrons. The first-order valence-electron chi connectivity index (χ1n) is 7.22. The maximum Gasteiger partial charge on any atom is 0.329 e. The van der Waals surface area contributed by atoms with Gasteiger partial charge in [-0.25, -0.2) is 4.79 Å². The minimum Gasteiger partial charge on any atom is -0.330 e. The number of nitrogens with one attached hydrogen (secondary N) is 1. The number of nitrogens with zero attached hydrogens (tertiary/aromatic N) is 1. The van der Waals surface area contributed by atoms with Crippen LogP contribution in [0.25, 0.3) is 16.8 Å². The predicted molar refractivity (Wildman–Crippen MR) is 85.8 cm³/mol. The zero-order chi connectivity index (χ0) is 15.5. The van der Waals surface area contributed by atoms with Crippen molar-refractivity contribution >= 4 is 28.8 Å². The van der Waals surface area contributed by atoms with Crippen LogP contribution >= 0.6 is 0 Å². The molecule has 5 heteroatoms. The molecular weight excluding hydrogens is 278 g/mol. The molecule has 0 aliphatic carbocycles. The Balaban J connectivity index is 1.87. The first kappa shape index (κ1) is 14.3. The summed E-state index contributed by atoms with van der Waals surface area (Å²) < 4.78 is 0. The van der Waals surface area contributed by atoms with Crippen molar-refractivity contribution in [2.45, 2.75) is 6.42 Å². The molecule has 1 aliphatic rings. The number of benzene rings is 2. The Morgan fingerprint density at radius 3 is 2.64 bits per heavy atom. The molecular formula is C17H17N3O2. The molecule has 0 bridgehead atoms. The minimum absolute atomic E-state index is 0.299. The van der Waals surface area contributed by atoms with Crippen molar-refractivity contribution in [2.24, 2.45) is 5.73 Å². The summed E-state index contributed by atoms with van der Waals surface area (Å²) in [4.78, 5) is 25.2. The lowest BCUT2D eigenvalue weighted by Gasteiger charge is -2.09. The van der Waals surface area contributed by atoms with E-state index in [9.17, 15) is 9.59 Å². The lowest BCUT2D eigenvalue weighted by atomic mass is 10.1. The number of urea groups is 1. The summed E-state index contributed by atoms with van der Waals surface area (Å²) >= 11 is 0. The van der Waals surface area contributed by atoms with Crippen molar-refractivity contribution in [3.05, 3.63) is 53.7 Å². The first-order valence-corrected chi connectivity index (χ1v) is 7.22. The number of amides is 3. The van der Waals surface area contributed by atoms with Gasteiger partial charge in [0, 0.05) is 6.54 Å². The first-order chi connectivity index (χ1) is 10.7. The van der Waals surface area contributed by atoms with Crippen LogP contribution in [0.4, 0.5) is 4.79 Å². The molecule has 1 heterocycles. The highest BCUT2D eigenvalue weighted by Crippen LogP contribution is 2.19. The van der Waals surface area contributed by atoms with E-state index in [-0.39, 0.29) is 11.9 Å². The van der Waals surface area contributed by atoms with Gasteiger partial charge >= 0.3 is 6.03 Å². The molecule has 2 aromatic carbocycles. The third-order valence-electron chi connectivity index (χ3n) is 3.63. The van der Waals surface area contributed by atoms with Gasteiger partial charge in [-0.05, 0) is 41.4 Å². The Hall–Kier alpha value is -2.66. The number of imide groups is 1. The topological polar surface area (TPSA) is 75.4 Å². The highest BCUT2D eigenvalue weighted by molar-refractivity contribution is 6.14. The fourth-order valence-electron chi connectivity index (χ4n) is 2.49. The van der Waals surface area contributed by atoms with Crippen LogP contribution < -0.4 is 11.1 Å². The van der Waals surface area contributed by atoms with E-state index in [2.05, 4.69) is 5.32 Å². The van der Waals surface area contributed by atoms with Gasteiger partial charge in [-0.15, -0.1) is 0 Å². The van der Waals surface area contributed by atoms with Crippen LogP contribution in [-0.4, -0.2) is 29.9 Å². The molecule has 0 aromatic heterocycles. The molecule has 3 rings (SSSR count). The summed E-state index contributed by atoms with van der Waals surface area (Å²) in [6.07, 6.45) is 2.30. The number of hydrogen-bond donors (Lipinski definition) is 2. The molecule has 0 saturated carbocycles. The second-order valence-electron chi connectivity index (χ2n) is 5.19. The van der Waals surface area contributed by atoms with Gasteiger partial charge in [-0.3, -0.25) is 9.69 Å². The van der Waals surface area contributed by atoms with Crippen molar-refractivity contribution in [2.75, 3.05) is 13.1 Å². The average molecular weight is 295 g/mol. The zero-order valence-electron chi connectivity index (χ0n) is 12.1. The van der Waals surface area contributed by atoms with E-state index < -0.39 is 0 Å². The number of fused-ring (bicyclic) bond motifs is 1. The fraction of sp³-hybridized carbons (Fsp3) is 0.176. The quantitative estimate of drug-likeness (QED) is 0.670. The number of rotatable bonds is 4. The van der Waals surface area contributed by atoms with Crippen LogP contribution in [0, 0.1) is 0 Å². The lowest BCUT2D eigenvalue weighted by molar-refractivity contribution is -0.122. The van der Waals surface area contributed by atoms with E-state index in [4.69, 9.17) is 5.73 Å². The smallest absolute Gasteiger partial charge is 0.329 e. The van der Waals surface area contributed by atoms with E-state index in [0.29, 0.717) is 25.2 Å². The third kappa shape index (κ3) is 2.71. The Morgan fingerprint density at radius 1 is 1.09 bits per heavy atom. The van der Waals surface area contributed by atoms with Crippen LogP contribution in [0.5, 0.6) is 0 Å². The molecule has 2 aromatic rings. The van der Waals surface area contributed by atoms with Crippen LogP contribution in [0.1, 0.15) is 12.0 Å². The van der Waals surface area contributed by atoms with Gasteiger partial charge < -0.3 is 11.1 Å². The molecule has 0 unspecified atom stereocenters. The molecule has 1 aliphatic heterocycles. The average Bonchev–Trinajstić information content (AvgIpc) is 2.79. The lowest BCUT2D eigenvalue weighted by Crippen LogP contribution is -2.32. The highest BCUT2D eigenvalue weighted by Gasteiger charge is 2.32. The standard InChI is InChI=1S/C17H17N3O2/c18-8-3-9-20-16(21)15(19-17(20)22)11-12-6-7-13-4-1-2-5-14(13)10-12/h1-2,4-7,10-11H,3,8-9,18H2,(H,19,22)/b15-11+. The molecule has 3 N–H and O–H groups in total. The SMILES string of the molecule is NCCCN1C(=O)N/C(=C/c2ccc3ccccc3c2)C1=O. The molecule has 22 heavy (non-hydrogen) atoms. The van der Waals surface area contributed by atoms with Crippen molar-refractivity contribution in [3.63, 3.8) is 0 Å². The minimum atomic E-state index is -0.384. The van der Waals surface area contributed by atoms with Gasteiger partial charge in [-0.2, -0.15) is 0 Å². The van der Waals surface area contributed by atoms with E-state index in [1.807, 2.05) is 42.5 Å². The summed E-state index contributed by atoms with van der Waals surface area (Å²) in [5.74, 6) is -0.299. The molecule has 1 saturated heterocycles. The van der Waals surface area contributed by atoms with Crippen LogP contribution in [0.2, 0.25) is 0 Å². The Kier molecular flexibility index (Phi) is 3.89. The Bertz CT molecular complexity index is 767. The number of carbonyl (C=O) groups is 2. The molecule has 0 atom stereocenters. The van der Waals surface area contributed by atoms with E-state index in [1.165, 1.54) is 4.90 Å². The summed E-state index contributed by atoms with van der Waals surface area (Å²) in [7, 11) is 0. The van der Waals surface area contributed by atoms with E-state index >= 15 is 0 Å². The van der Waals surface area contributed by atoms with Crippen LogP contribution in [0.15, 0.2) is 48.2 Å². The Labute approximate surface area is 128 Å². The van der Waals surface area contributed by atoms with Crippen molar-refractivity contribution in [1.29, 1.82) is 0 Å². The largest absolute Gasteiger partial charge is 0.330 e. The number of nitrogens with two attached hydrogens (primary N) is 1. The maximum absolute atomic E-state index is 12.2. The molecule has 5 nitrogen and oxygen atoms in total. The summed E-state index contributed by atoms with van der Waals surface area (Å²) in [5.41, 5.74) is 6.61. The normalized spacial score (nSPS) is 16.6. The summed E-state index contributed by atoms with van der Waals surface area (Å²) in [5, 5.41) is 4.84. The number of hydrogen-bond acceptors (Lipinski definition) is 3. The van der Waals surface area contributed by atoms with Gasteiger partial charge in [0.1, 0.15) is 5.70 Å². The van der Waals surface area contributed by atoms with Crippen molar-refractivity contribution < 1.29 is 9.59 Å². The van der Waals surface area contributed by atoms with E-state index in [1.54, 1.807) is 6.08 Å². The fourth-order valence-corrected chi connectivity index (χ4v) is 2.49. The Morgan fingerprint density at radius 2 is 1.86 bits per heavy atom. The van der Waals surface area contributed by atoms with Gasteiger partial charge in [0.2, 0.25) is 0 Å². The highest BCUT2D eigenvalue weighted by atomic mass is 16.2. The van der Waals surface area contributed by atoms with Gasteiger partial charge in [0.25, 0.3) is 5.91 Å². The maximum atomic E-state index is 12.2. The van der Waals surface area contributed by atoms with Crippen LogP contribution in [0.3, 0.4) is 0 Å². The van der Waals surface area contributed by atoms with Crippen molar-refractivity contribution in [1.82, 2.24) is 10.2 Å². The number of carbonyl (C=O) groups excluding carboxylic acids is 2. The van der Waals surface area contributed by atoms with Crippen LogP contribution in [-0.2, 0) is 4.79 Å². The monoisotopic (exact) mass is 295 g/mol. The van der Waals surface area contributed by atoms with E-state index in [0.717, 1.165) is 16.3 Å². The van der Waals surface area contributed by atoms with Gasteiger partial charge in [0.05, 0.1) is 0 Å². The molecule has 1 fully saturated rings. The zero-order valence-corrected chi connectivity index (χ0v) is 12.1. The van der Waals surface area contributed by atoms with Crippen molar-refractivity contribution in [3.8, 4) is 0 Å². The molecule has 3 amide bonds. The van der Waals surface area contributed by atoms with Gasteiger partial charge in [-0.1, -0.05) is 36.4 Å². The van der Waals surface area contributed by atoms with Gasteiger partial charge in [0.15, 0.2) is 0 Å². The molecule has 0 spiro atoms. The second-order valence-corrected chi connectivity index (χ2v) is 5.19.